The molecule has 0 spiro atoms. The summed E-state index contributed by atoms with van der Waals surface area (Å²) in [5.41, 5.74) is 0.560. The van der Waals surface area contributed by atoms with Crippen LogP contribution in [0.5, 0.6) is 0 Å². The van der Waals surface area contributed by atoms with Gasteiger partial charge in [0.25, 0.3) is 0 Å². The highest BCUT2D eigenvalue weighted by Crippen LogP contribution is 2.26. The van der Waals surface area contributed by atoms with E-state index in [0.29, 0.717) is 9.90 Å². The molecule has 114 valence electrons. The summed E-state index contributed by atoms with van der Waals surface area (Å²) in [6, 6.07) is 8.79. The first-order chi connectivity index (χ1) is 9.92. The third-order valence-electron chi connectivity index (χ3n) is 2.78. The van der Waals surface area contributed by atoms with Crippen molar-refractivity contribution in [3.05, 3.63) is 52.1 Å². The van der Waals surface area contributed by atoms with Crippen molar-refractivity contribution in [3.63, 3.8) is 0 Å². The molecule has 0 saturated heterocycles. The van der Waals surface area contributed by atoms with Crippen LogP contribution in [0.2, 0.25) is 4.34 Å². The van der Waals surface area contributed by atoms with Gasteiger partial charge < -0.3 is 4.74 Å². The Balaban J connectivity index is 2.10. The van der Waals surface area contributed by atoms with E-state index in [1.807, 2.05) is 0 Å². The molecule has 8 heteroatoms. The molecule has 0 radical (unpaired) electrons. The Labute approximate surface area is 131 Å². The predicted molar refractivity (Wildman–Crippen MR) is 80.7 cm³/mol. The summed E-state index contributed by atoms with van der Waals surface area (Å²) >= 11 is 6.70. The lowest BCUT2D eigenvalue weighted by Gasteiger charge is -2.16. The Morgan fingerprint density at radius 2 is 2.14 bits per heavy atom. The average molecular weight is 350 g/mol. The molecule has 1 aromatic heterocycles. The van der Waals surface area contributed by atoms with Crippen molar-refractivity contribution in [2.24, 2.45) is 0 Å². The minimum Gasteiger partial charge on any atom is -0.375 e. The molecule has 0 fully saturated rings. The predicted octanol–water partition coefficient (Wildman–Crippen LogP) is 3.21. The van der Waals surface area contributed by atoms with Gasteiger partial charge >= 0.3 is 0 Å². The molecule has 1 heterocycles. The minimum absolute atomic E-state index is 0.00218. The van der Waals surface area contributed by atoms with Crippen LogP contribution in [-0.2, 0) is 14.8 Å². The van der Waals surface area contributed by atoms with Gasteiger partial charge in [-0.25, -0.2) is 17.5 Å². The van der Waals surface area contributed by atoms with Crippen LogP contribution in [0, 0.1) is 5.82 Å². The standard InChI is InChI=1S/C13H13ClFNO3S2/c1-19-11(9-3-2-4-10(15)7-9)8-16-21(17,18)13-6-5-12(14)20-13/h2-7,11,16H,8H2,1H3/t11-/m1/s1. The zero-order valence-corrected chi connectivity index (χ0v) is 13.4. The molecule has 0 amide bonds. The van der Waals surface area contributed by atoms with Crippen LogP contribution in [-0.4, -0.2) is 22.1 Å². The van der Waals surface area contributed by atoms with Gasteiger partial charge in [-0.05, 0) is 29.8 Å². The van der Waals surface area contributed by atoms with E-state index in [9.17, 15) is 12.8 Å². The van der Waals surface area contributed by atoms with Crippen LogP contribution >= 0.6 is 22.9 Å². The van der Waals surface area contributed by atoms with Gasteiger partial charge in [0.2, 0.25) is 10.0 Å². The lowest BCUT2D eigenvalue weighted by molar-refractivity contribution is 0.107. The molecular weight excluding hydrogens is 337 g/mol. The van der Waals surface area contributed by atoms with Gasteiger partial charge in [0.05, 0.1) is 10.4 Å². The lowest BCUT2D eigenvalue weighted by Crippen LogP contribution is -2.28. The fourth-order valence-electron chi connectivity index (χ4n) is 1.74. The monoisotopic (exact) mass is 349 g/mol. The maximum atomic E-state index is 13.2. The molecule has 21 heavy (non-hydrogen) atoms. The van der Waals surface area contributed by atoms with Gasteiger partial charge in [0.1, 0.15) is 10.0 Å². The summed E-state index contributed by atoms with van der Waals surface area (Å²) in [4.78, 5) is 0. The second-order valence-corrected chi connectivity index (χ2v) is 7.90. The molecule has 1 aromatic carbocycles. The summed E-state index contributed by atoms with van der Waals surface area (Å²) in [7, 11) is -2.22. The van der Waals surface area contributed by atoms with Crippen LogP contribution in [0.4, 0.5) is 4.39 Å². The minimum atomic E-state index is -3.65. The van der Waals surface area contributed by atoms with Crippen LogP contribution in [0.15, 0.2) is 40.6 Å². The van der Waals surface area contributed by atoms with E-state index < -0.39 is 21.9 Å². The highest BCUT2D eigenvalue weighted by atomic mass is 35.5. The number of halogens is 2. The van der Waals surface area contributed by atoms with E-state index in [1.54, 1.807) is 12.1 Å². The average Bonchev–Trinajstić information content (AvgIpc) is 2.87. The quantitative estimate of drug-likeness (QED) is 0.871. The summed E-state index contributed by atoms with van der Waals surface area (Å²) in [5.74, 6) is -0.401. The molecule has 0 saturated carbocycles. The third kappa shape index (κ3) is 4.24. The first kappa shape index (κ1) is 16.4. The number of ether oxygens (including phenoxy) is 1. The molecule has 2 aromatic rings. The normalized spacial score (nSPS) is 13.3. The molecule has 0 aliphatic rings. The Morgan fingerprint density at radius 1 is 1.38 bits per heavy atom. The van der Waals surface area contributed by atoms with Crippen LogP contribution in [0.25, 0.3) is 0 Å². The van der Waals surface area contributed by atoms with Crippen LogP contribution < -0.4 is 4.72 Å². The second-order valence-electron chi connectivity index (χ2n) is 4.19. The SMILES string of the molecule is CO[C@H](CNS(=O)(=O)c1ccc(Cl)s1)c1cccc(F)c1. The van der Waals surface area contributed by atoms with E-state index in [4.69, 9.17) is 16.3 Å². The number of sulfonamides is 1. The van der Waals surface area contributed by atoms with E-state index in [1.165, 1.54) is 31.4 Å². The summed E-state index contributed by atoms with van der Waals surface area (Å²) < 4.78 is 45.5. The maximum Gasteiger partial charge on any atom is 0.250 e. The molecular formula is C13H13ClFNO3S2. The number of hydrogen-bond acceptors (Lipinski definition) is 4. The lowest BCUT2D eigenvalue weighted by atomic mass is 10.1. The third-order valence-corrected chi connectivity index (χ3v) is 5.92. The van der Waals surface area contributed by atoms with E-state index in [2.05, 4.69) is 4.72 Å². The number of thiophene rings is 1. The van der Waals surface area contributed by atoms with E-state index >= 15 is 0 Å². The van der Waals surface area contributed by atoms with Gasteiger partial charge in [-0.2, -0.15) is 0 Å². The highest BCUT2D eigenvalue weighted by molar-refractivity contribution is 7.91. The van der Waals surface area contributed by atoms with E-state index in [0.717, 1.165) is 11.3 Å². The molecule has 0 aliphatic carbocycles. The zero-order valence-electron chi connectivity index (χ0n) is 11.0. The first-order valence-electron chi connectivity index (χ1n) is 5.95. The number of rotatable bonds is 6. The number of methoxy groups -OCH3 is 1. The Morgan fingerprint density at radius 3 is 2.71 bits per heavy atom. The van der Waals surface area contributed by atoms with Gasteiger partial charge in [0.15, 0.2) is 0 Å². The van der Waals surface area contributed by atoms with Gasteiger partial charge in [-0.1, -0.05) is 23.7 Å². The second kappa shape index (κ2) is 6.85. The smallest absolute Gasteiger partial charge is 0.250 e. The van der Waals surface area contributed by atoms with Crippen molar-refractivity contribution >= 4 is 33.0 Å². The highest BCUT2D eigenvalue weighted by Gasteiger charge is 2.19. The van der Waals surface area contributed by atoms with Crippen molar-refractivity contribution in [1.82, 2.24) is 4.72 Å². The largest absolute Gasteiger partial charge is 0.375 e. The Kier molecular flexibility index (Phi) is 5.34. The fourth-order valence-corrected chi connectivity index (χ4v) is 4.30. The van der Waals surface area contributed by atoms with Crippen molar-refractivity contribution in [3.8, 4) is 0 Å². The first-order valence-corrected chi connectivity index (χ1v) is 8.63. The molecule has 4 nitrogen and oxygen atoms in total. The summed E-state index contributed by atoms with van der Waals surface area (Å²) in [6.45, 7) is -0.00218. The van der Waals surface area contributed by atoms with Crippen molar-refractivity contribution in [1.29, 1.82) is 0 Å². The number of benzene rings is 1. The maximum absolute atomic E-state index is 13.2. The van der Waals surface area contributed by atoms with E-state index in [-0.39, 0.29) is 10.8 Å². The topological polar surface area (TPSA) is 55.4 Å². The van der Waals surface area contributed by atoms with Gasteiger partial charge in [-0.15, -0.1) is 11.3 Å². The molecule has 0 aliphatic heterocycles. The van der Waals surface area contributed by atoms with Crippen LogP contribution in [0.1, 0.15) is 11.7 Å². The summed E-state index contributed by atoms with van der Waals surface area (Å²) in [6.07, 6.45) is -0.578. The van der Waals surface area contributed by atoms with Gasteiger partial charge in [0, 0.05) is 13.7 Å². The molecule has 1 N–H and O–H groups in total. The summed E-state index contributed by atoms with van der Waals surface area (Å²) in [5, 5.41) is 0. The number of nitrogens with one attached hydrogen (secondary N) is 1. The Bertz CT molecular complexity index is 718. The Hall–Kier alpha value is -0.990. The molecule has 1 atom stereocenters. The molecule has 2 rings (SSSR count). The molecule has 0 bridgehead atoms. The number of hydrogen-bond donors (Lipinski definition) is 1. The zero-order chi connectivity index (χ0) is 15.5. The van der Waals surface area contributed by atoms with Crippen molar-refractivity contribution in [2.45, 2.75) is 10.3 Å². The molecule has 0 unspecified atom stereocenters. The van der Waals surface area contributed by atoms with Crippen LogP contribution in [0.3, 0.4) is 0 Å². The van der Waals surface area contributed by atoms with Gasteiger partial charge in [-0.3, -0.25) is 0 Å². The fraction of sp³-hybridized carbons (Fsp3) is 0.231. The van der Waals surface area contributed by atoms with Crippen molar-refractivity contribution < 1.29 is 17.5 Å². The van der Waals surface area contributed by atoms with Crippen molar-refractivity contribution in [2.75, 3.05) is 13.7 Å².